The van der Waals surface area contributed by atoms with E-state index in [0.717, 1.165) is 0 Å². The molecule has 68 valence electrons. The van der Waals surface area contributed by atoms with Gasteiger partial charge < -0.3 is 11.1 Å². The van der Waals surface area contributed by atoms with E-state index >= 15 is 0 Å². The summed E-state index contributed by atoms with van der Waals surface area (Å²) < 4.78 is 23.1. The van der Waals surface area contributed by atoms with Gasteiger partial charge in [0.1, 0.15) is 0 Å². The van der Waals surface area contributed by atoms with E-state index in [1.807, 2.05) is 13.8 Å². The van der Waals surface area contributed by atoms with Crippen molar-refractivity contribution in [3.05, 3.63) is 0 Å². The standard InChI is InChI=1S/C7H16F2N2/c1-7(2,10)3-4-11-5-6(8)9/h6,11H,3-5,10H2,1-2H3. The normalized spacial score (nSPS) is 12.5. The minimum atomic E-state index is -2.27. The molecule has 0 saturated heterocycles. The largest absolute Gasteiger partial charge is 0.326 e. The molecule has 0 aliphatic rings. The second-order valence-electron chi connectivity index (χ2n) is 3.33. The van der Waals surface area contributed by atoms with Gasteiger partial charge in [-0.15, -0.1) is 0 Å². The maximum atomic E-state index is 11.6. The lowest BCUT2D eigenvalue weighted by Crippen LogP contribution is -2.36. The highest BCUT2D eigenvalue weighted by molar-refractivity contribution is 4.72. The van der Waals surface area contributed by atoms with E-state index in [-0.39, 0.29) is 12.1 Å². The Morgan fingerprint density at radius 2 is 2.00 bits per heavy atom. The van der Waals surface area contributed by atoms with E-state index in [4.69, 9.17) is 5.73 Å². The van der Waals surface area contributed by atoms with Crippen molar-refractivity contribution >= 4 is 0 Å². The molecule has 0 aromatic heterocycles. The van der Waals surface area contributed by atoms with Crippen LogP contribution in [0.5, 0.6) is 0 Å². The third-order valence-electron chi connectivity index (χ3n) is 1.24. The van der Waals surface area contributed by atoms with E-state index in [1.165, 1.54) is 0 Å². The lowest BCUT2D eigenvalue weighted by Gasteiger charge is -2.18. The Kier molecular flexibility index (Phi) is 4.52. The molecule has 3 N–H and O–H groups in total. The zero-order chi connectivity index (χ0) is 8.91. The summed E-state index contributed by atoms with van der Waals surface area (Å²) in [5.74, 6) is 0. The summed E-state index contributed by atoms with van der Waals surface area (Å²) in [5, 5.41) is 2.61. The van der Waals surface area contributed by atoms with Crippen molar-refractivity contribution in [3.8, 4) is 0 Å². The van der Waals surface area contributed by atoms with Crippen LogP contribution in [-0.4, -0.2) is 25.1 Å². The number of nitrogens with two attached hydrogens (primary N) is 1. The van der Waals surface area contributed by atoms with Gasteiger partial charge in [-0.05, 0) is 26.8 Å². The molecule has 0 aliphatic carbocycles. The predicted molar refractivity (Wildman–Crippen MR) is 41.8 cm³/mol. The number of rotatable bonds is 5. The van der Waals surface area contributed by atoms with Gasteiger partial charge in [0.05, 0.1) is 6.54 Å². The minimum absolute atomic E-state index is 0.240. The fraction of sp³-hybridized carbons (Fsp3) is 1.00. The van der Waals surface area contributed by atoms with Gasteiger partial charge in [0.25, 0.3) is 6.43 Å². The zero-order valence-electron chi connectivity index (χ0n) is 7.03. The summed E-state index contributed by atoms with van der Waals surface area (Å²) in [6.45, 7) is 4.05. The summed E-state index contributed by atoms with van der Waals surface area (Å²) in [5.41, 5.74) is 5.36. The van der Waals surface area contributed by atoms with Crippen LogP contribution >= 0.6 is 0 Å². The van der Waals surface area contributed by atoms with Gasteiger partial charge in [0.2, 0.25) is 0 Å². The monoisotopic (exact) mass is 166 g/mol. The highest BCUT2D eigenvalue weighted by Crippen LogP contribution is 2.01. The van der Waals surface area contributed by atoms with Gasteiger partial charge in [-0.3, -0.25) is 0 Å². The van der Waals surface area contributed by atoms with Gasteiger partial charge in [0, 0.05) is 5.54 Å². The third-order valence-corrected chi connectivity index (χ3v) is 1.24. The lowest BCUT2D eigenvalue weighted by atomic mass is 10.0. The van der Waals surface area contributed by atoms with E-state index in [9.17, 15) is 8.78 Å². The summed E-state index contributed by atoms with van der Waals surface area (Å²) in [7, 11) is 0. The van der Waals surface area contributed by atoms with Crippen molar-refractivity contribution in [2.45, 2.75) is 32.2 Å². The van der Waals surface area contributed by atoms with Crippen molar-refractivity contribution in [2.75, 3.05) is 13.1 Å². The van der Waals surface area contributed by atoms with Crippen LogP contribution in [0.2, 0.25) is 0 Å². The van der Waals surface area contributed by atoms with E-state index in [2.05, 4.69) is 5.32 Å². The maximum absolute atomic E-state index is 11.6. The van der Waals surface area contributed by atoms with Crippen LogP contribution in [0.4, 0.5) is 8.78 Å². The van der Waals surface area contributed by atoms with Gasteiger partial charge in [-0.1, -0.05) is 0 Å². The molecular weight excluding hydrogens is 150 g/mol. The first-order valence-corrected chi connectivity index (χ1v) is 3.69. The molecule has 0 rings (SSSR count). The summed E-state index contributed by atoms with van der Waals surface area (Å²) in [6, 6.07) is 0. The molecule has 0 aromatic rings. The van der Waals surface area contributed by atoms with Crippen LogP contribution in [0.3, 0.4) is 0 Å². The number of hydrogen-bond donors (Lipinski definition) is 2. The van der Waals surface area contributed by atoms with Gasteiger partial charge >= 0.3 is 0 Å². The Bertz CT molecular complexity index is 99.1. The molecule has 0 unspecified atom stereocenters. The number of alkyl halides is 2. The quantitative estimate of drug-likeness (QED) is 0.597. The van der Waals surface area contributed by atoms with Crippen LogP contribution in [0, 0.1) is 0 Å². The number of halogens is 2. The first kappa shape index (κ1) is 10.8. The fourth-order valence-electron chi connectivity index (χ4n) is 0.622. The third kappa shape index (κ3) is 9.78. The maximum Gasteiger partial charge on any atom is 0.250 e. The Morgan fingerprint density at radius 1 is 1.45 bits per heavy atom. The molecule has 0 aliphatic heterocycles. The molecule has 0 amide bonds. The Hall–Kier alpha value is -0.220. The number of nitrogens with one attached hydrogen (secondary N) is 1. The number of hydrogen-bond acceptors (Lipinski definition) is 2. The molecule has 0 spiro atoms. The Labute approximate surface area is 66.1 Å². The summed E-state index contributed by atoms with van der Waals surface area (Å²) in [6.07, 6.45) is -1.56. The van der Waals surface area contributed by atoms with Crippen LogP contribution in [0.25, 0.3) is 0 Å². The van der Waals surface area contributed by atoms with Crippen LogP contribution in [-0.2, 0) is 0 Å². The minimum Gasteiger partial charge on any atom is -0.326 e. The highest BCUT2D eigenvalue weighted by atomic mass is 19.3. The molecule has 0 atom stereocenters. The molecule has 0 bridgehead atoms. The smallest absolute Gasteiger partial charge is 0.250 e. The SMILES string of the molecule is CC(C)(N)CCNCC(F)F. The van der Waals surface area contributed by atoms with Gasteiger partial charge in [-0.25, -0.2) is 8.78 Å². The van der Waals surface area contributed by atoms with Crippen molar-refractivity contribution in [1.82, 2.24) is 5.32 Å². The average molecular weight is 166 g/mol. The van der Waals surface area contributed by atoms with E-state index in [1.54, 1.807) is 0 Å². The zero-order valence-corrected chi connectivity index (χ0v) is 7.03. The molecule has 11 heavy (non-hydrogen) atoms. The van der Waals surface area contributed by atoms with Crippen molar-refractivity contribution < 1.29 is 8.78 Å². The van der Waals surface area contributed by atoms with Crippen LogP contribution in [0.1, 0.15) is 20.3 Å². The molecule has 4 heteroatoms. The second-order valence-corrected chi connectivity index (χ2v) is 3.33. The fourth-order valence-corrected chi connectivity index (χ4v) is 0.622. The molecule has 0 heterocycles. The second kappa shape index (κ2) is 4.62. The van der Waals surface area contributed by atoms with Gasteiger partial charge in [0.15, 0.2) is 0 Å². The van der Waals surface area contributed by atoms with Crippen molar-refractivity contribution in [3.63, 3.8) is 0 Å². The highest BCUT2D eigenvalue weighted by Gasteiger charge is 2.09. The first-order chi connectivity index (χ1) is 4.92. The van der Waals surface area contributed by atoms with Crippen molar-refractivity contribution in [2.24, 2.45) is 5.73 Å². The molecule has 0 radical (unpaired) electrons. The lowest BCUT2D eigenvalue weighted by molar-refractivity contribution is 0.145. The average Bonchev–Trinajstić information content (AvgIpc) is 1.78. The Balaban J connectivity index is 3.15. The molecule has 0 saturated carbocycles. The molecule has 0 aromatic carbocycles. The first-order valence-electron chi connectivity index (χ1n) is 3.69. The van der Waals surface area contributed by atoms with Gasteiger partial charge in [-0.2, -0.15) is 0 Å². The van der Waals surface area contributed by atoms with E-state index in [0.29, 0.717) is 13.0 Å². The molecular formula is C7H16F2N2. The Morgan fingerprint density at radius 3 is 2.36 bits per heavy atom. The topological polar surface area (TPSA) is 38.0 Å². The van der Waals surface area contributed by atoms with Crippen molar-refractivity contribution in [1.29, 1.82) is 0 Å². The molecule has 2 nitrogen and oxygen atoms in total. The summed E-state index contributed by atoms with van der Waals surface area (Å²) in [4.78, 5) is 0. The summed E-state index contributed by atoms with van der Waals surface area (Å²) >= 11 is 0. The van der Waals surface area contributed by atoms with E-state index < -0.39 is 6.43 Å². The predicted octanol–water partition coefficient (Wildman–Crippen LogP) is 0.969. The van der Waals surface area contributed by atoms with Crippen LogP contribution in [0.15, 0.2) is 0 Å². The molecule has 0 fully saturated rings. The van der Waals surface area contributed by atoms with Crippen LogP contribution < -0.4 is 11.1 Å².